The fraction of sp³-hybridized carbons (Fsp3) is 0.296. The van der Waals surface area contributed by atoms with E-state index >= 15 is 0 Å². The third-order valence-electron chi connectivity index (χ3n) is 5.88. The van der Waals surface area contributed by atoms with Crippen molar-refractivity contribution in [3.8, 4) is 23.0 Å². The summed E-state index contributed by atoms with van der Waals surface area (Å²) >= 11 is 6.31. The van der Waals surface area contributed by atoms with Crippen molar-refractivity contribution in [2.75, 3.05) is 39.3 Å². The van der Waals surface area contributed by atoms with Gasteiger partial charge in [-0.1, -0.05) is 23.7 Å². The van der Waals surface area contributed by atoms with Gasteiger partial charge in [0.25, 0.3) is 10.0 Å². The number of nitrogens with one attached hydrogen (secondary N) is 1. The molecule has 3 rings (SSSR count). The number of hydrogen-bond acceptors (Lipinski definition) is 7. The number of halogens is 1. The van der Waals surface area contributed by atoms with Crippen LogP contribution in [0.15, 0.2) is 59.5 Å². The maximum Gasteiger partial charge on any atom is 0.268 e. The first-order chi connectivity index (χ1) is 18.0. The molecule has 0 radical (unpaired) electrons. The number of sulfonamides is 1. The highest BCUT2D eigenvalue weighted by Gasteiger charge is 2.31. The summed E-state index contributed by atoms with van der Waals surface area (Å²) in [5, 5.41) is 3.05. The van der Waals surface area contributed by atoms with Gasteiger partial charge >= 0.3 is 0 Å². The normalized spacial score (nSPS) is 11.9. The zero-order valence-electron chi connectivity index (χ0n) is 22.1. The van der Waals surface area contributed by atoms with E-state index in [1.54, 1.807) is 44.2 Å². The SMILES string of the molecule is COc1ccc(N(CC(=O)N[C@@H](C)c2ccc(OC)c(OC)c2)S(=O)(=O)c2cc(C)ccc2OC)cc1Cl. The van der Waals surface area contributed by atoms with Crippen molar-refractivity contribution in [1.82, 2.24) is 5.32 Å². The zero-order chi connectivity index (χ0) is 28.0. The Morgan fingerprint density at radius 3 is 2.08 bits per heavy atom. The summed E-state index contributed by atoms with van der Waals surface area (Å²) in [6.07, 6.45) is 0. The summed E-state index contributed by atoms with van der Waals surface area (Å²) in [6, 6.07) is 14.1. The third-order valence-corrected chi connectivity index (χ3v) is 7.97. The van der Waals surface area contributed by atoms with Gasteiger partial charge in [-0.2, -0.15) is 0 Å². The zero-order valence-corrected chi connectivity index (χ0v) is 23.6. The lowest BCUT2D eigenvalue weighted by Crippen LogP contribution is -2.41. The van der Waals surface area contributed by atoms with E-state index in [1.807, 2.05) is 0 Å². The molecule has 38 heavy (non-hydrogen) atoms. The van der Waals surface area contributed by atoms with E-state index in [9.17, 15) is 13.2 Å². The Morgan fingerprint density at radius 2 is 1.47 bits per heavy atom. The van der Waals surface area contributed by atoms with Gasteiger partial charge in [-0.25, -0.2) is 8.42 Å². The van der Waals surface area contributed by atoms with Gasteiger partial charge in [0.15, 0.2) is 11.5 Å². The Labute approximate surface area is 228 Å². The van der Waals surface area contributed by atoms with Gasteiger partial charge < -0.3 is 24.3 Å². The number of carbonyl (C=O) groups excluding carboxylic acids is 1. The number of benzene rings is 3. The first-order valence-corrected chi connectivity index (χ1v) is 13.4. The topological polar surface area (TPSA) is 103 Å². The second-order valence-corrected chi connectivity index (χ2v) is 10.6. The van der Waals surface area contributed by atoms with Crippen LogP contribution in [0, 0.1) is 6.92 Å². The number of carbonyl (C=O) groups is 1. The minimum atomic E-state index is -4.26. The van der Waals surface area contributed by atoms with Gasteiger partial charge in [0.2, 0.25) is 5.91 Å². The van der Waals surface area contributed by atoms with Crippen LogP contribution in [0.2, 0.25) is 5.02 Å². The summed E-state index contributed by atoms with van der Waals surface area (Å²) in [6.45, 7) is 3.04. The van der Waals surface area contributed by atoms with Crippen LogP contribution in [0.25, 0.3) is 0 Å². The van der Waals surface area contributed by atoms with Crippen LogP contribution in [-0.2, 0) is 14.8 Å². The Hall–Kier alpha value is -3.63. The van der Waals surface area contributed by atoms with Crippen molar-refractivity contribution < 1.29 is 32.2 Å². The van der Waals surface area contributed by atoms with Crippen LogP contribution in [0.4, 0.5) is 5.69 Å². The summed E-state index contributed by atoms with van der Waals surface area (Å²) < 4.78 is 50.0. The average Bonchev–Trinajstić information content (AvgIpc) is 2.91. The van der Waals surface area contributed by atoms with Crippen LogP contribution in [0.3, 0.4) is 0 Å². The molecule has 0 spiro atoms. The first kappa shape index (κ1) is 28.9. The molecule has 0 saturated carbocycles. The predicted molar refractivity (Wildman–Crippen MR) is 146 cm³/mol. The predicted octanol–water partition coefficient (Wildman–Crippen LogP) is 4.76. The minimum Gasteiger partial charge on any atom is -0.495 e. The second-order valence-electron chi connectivity index (χ2n) is 8.39. The quantitative estimate of drug-likeness (QED) is 0.359. The highest BCUT2D eigenvalue weighted by atomic mass is 35.5. The monoisotopic (exact) mass is 562 g/mol. The van der Waals surface area contributed by atoms with Crippen LogP contribution < -0.4 is 28.6 Å². The Kier molecular flexibility index (Phi) is 9.35. The molecule has 1 atom stereocenters. The van der Waals surface area contributed by atoms with E-state index in [0.717, 1.165) is 9.87 Å². The summed E-state index contributed by atoms with van der Waals surface area (Å²) in [5.41, 5.74) is 1.65. The molecule has 0 unspecified atom stereocenters. The fourth-order valence-corrected chi connectivity index (χ4v) is 5.76. The van der Waals surface area contributed by atoms with E-state index in [4.69, 9.17) is 30.5 Å². The molecule has 0 bridgehead atoms. The van der Waals surface area contributed by atoms with E-state index < -0.39 is 28.5 Å². The highest BCUT2D eigenvalue weighted by molar-refractivity contribution is 7.93. The largest absolute Gasteiger partial charge is 0.495 e. The lowest BCUT2D eigenvalue weighted by molar-refractivity contribution is -0.120. The van der Waals surface area contributed by atoms with Crippen LogP contribution in [0.5, 0.6) is 23.0 Å². The van der Waals surface area contributed by atoms with Gasteiger partial charge in [-0.15, -0.1) is 0 Å². The number of ether oxygens (including phenoxy) is 4. The number of amides is 1. The molecular weight excluding hydrogens is 532 g/mol. The van der Waals surface area contributed by atoms with Gasteiger partial charge in [0.05, 0.1) is 45.2 Å². The molecule has 1 N–H and O–H groups in total. The fourth-order valence-electron chi connectivity index (χ4n) is 3.85. The van der Waals surface area contributed by atoms with E-state index in [1.165, 1.54) is 52.7 Å². The molecule has 1 amide bonds. The number of anilines is 1. The Morgan fingerprint density at radius 1 is 0.868 bits per heavy atom. The molecule has 3 aromatic rings. The Bertz CT molecular complexity index is 1410. The number of aryl methyl sites for hydroxylation is 1. The summed E-state index contributed by atoms with van der Waals surface area (Å²) in [4.78, 5) is 13.2. The molecule has 0 aromatic heterocycles. The van der Waals surface area contributed by atoms with E-state index in [-0.39, 0.29) is 21.4 Å². The van der Waals surface area contributed by atoms with Crippen LogP contribution >= 0.6 is 11.6 Å². The van der Waals surface area contributed by atoms with Gasteiger partial charge in [0.1, 0.15) is 22.9 Å². The van der Waals surface area contributed by atoms with Crippen LogP contribution in [0.1, 0.15) is 24.1 Å². The van der Waals surface area contributed by atoms with Crippen molar-refractivity contribution in [3.63, 3.8) is 0 Å². The highest BCUT2D eigenvalue weighted by Crippen LogP contribution is 2.35. The van der Waals surface area contributed by atoms with Crippen molar-refractivity contribution in [2.24, 2.45) is 0 Å². The molecule has 11 heteroatoms. The molecule has 0 aliphatic heterocycles. The lowest BCUT2D eigenvalue weighted by Gasteiger charge is -2.26. The number of methoxy groups -OCH3 is 4. The average molecular weight is 563 g/mol. The summed E-state index contributed by atoms with van der Waals surface area (Å²) in [5.74, 6) is 1.05. The molecule has 3 aromatic carbocycles. The molecule has 0 aliphatic carbocycles. The number of hydrogen-bond donors (Lipinski definition) is 1. The second kappa shape index (κ2) is 12.3. The third kappa shape index (κ3) is 6.25. The molecular formula is C27H31ClN2O7S. The van der Waals surface area contributed by atoms with Crippen molar-refractivity contribution in [1.29, 1.82) is 0 Å². The van der Waals surface area contributed by atoms with Crippen molar-refractivity contribution >= 4 is 33.2 Å². The first-order valence-electron chi connectivity index (χ1n) is 11.6. The molecule has 9 nitrogen and oxygen atoms in total. The maximum absolute atomic E-state index is 13.9. The van der Waals surface area contributed by atoms with E-state index in [2.05, 4.69) is 5.32 Å². The lowest BCUT2D eigenvalue weighted by atomic mass is 10.1. The standard InChI is InChI=1S/C27H31ClN2O7S/c1-17-7-10-24(36-5)26(13-17)38(32,33)30(20-9-12-22(34-3)21(28)15-20)16-27(31)29-18(2)19-8-11-23(35-4)25(14-19)37-6/h7-15,18H,16H2,1-6H3,(H,29,31)/t18-/m0/s1. The molecule has 0 fully saturated rings. The molecule has 0 saturated heterocycles. The van der Waals surface area contributed by atoms with Gasteiger partial charge in [0, 0.05) is 0 Å². The molecule has 0 aliphatic rings. The van der Waals surface area contributed by atoms with Crippen LogP contribution in [-0.4, -0.2) is 49.3 Å². The molecule has 0 heterocycles. The van der Waals surface area contributed by atoms with Gasteiger partial charge in [-0.05, 0) is 67.4 Å². The maximum atomic E-state index is 13.9. The summed E-state index contributed by atoms with van der Waals surface area (Å²) in [7, 11) is 1.63. The van der Waals surface area contributed by atoms with Crippen molar-refractivity contribution in [3.05, 3.63) is 70.7 Å². The van der Waals surface area contributed by atoms with E-state index in [0.29, 0.717) is 22.8 Å². The molecule has 204 valence electrons. The number of nitrogens with zero attached hydrogens (tertiary/aromatic N) is 1. The number of rotatable bonds is 11. The Balaban J connectivity index is 1.99. The van der Waals surface area contributed by atoms with Gasteiger partial charge in [-0.3, -0.25) is 9.10 Å². The smallest absolute Gasteiger partial charge is 0.268 e. The van der Waals surface area contributed by atoms with Crippen molar-refractivity contribution in [2.45, 2.75) is 24.8 Å². The minimum absolute atomic E-state index is 0.0762.